The second kappa shape index (κ2) is 6.48. The van der Waals surface area contributed by atoms with Gasteiger partial charge in [0.25, 0.3) is 0 Å². The largest absolute Gasteiger partial charge is 0.462 e. The zero-order valence-electron chi connectivity index (χ0n) is 13.2. The van der Waals surface area contributed by atoms with Gasteiger partial charge >= 0.3 is 5.97 Å². The molecule has 0 spiro atoms. The lowest BCUT2D eigenvalue weighted by molar-refractivity contribution is 0.0527. The van der Waals surface area contributed by atoms with Gasteiger partial charge < -0.3 is 10.1 Å². The maximum Gasteiger partial charge on any atom is 0.341 e. The third-order valence-corrected chi connectivity index (χ3v) is 3.64. The van der Waals surface area contributed by atoms with E-state index < -0.39 is 0 Å². The number of carbonyl (C=O) groups excluding carboxylic acids is 1. The van der Waals surface area contributed by atoms with E-state index in [1.807, 2.05) is 55.5 Å². The van der Waals surface area contributed by atoms with E-state index in [0.717, 1.165) is 27.8 Å². The Labute approximate surface area is 135 Å². The Hall–Kier alpha value is -2.88. The lowest BCUT2D eigenvalue weighted by atomic mass is 10.1. The molecule has 0 saturated heterocycles. The van der Waals surface area contributed by atoms with Gasteiger partial charge in [-0.3, -0.25) is 4.98 Å². The molecule has 1 aromatic heterocycles. The highest BCUT2D eigenvalue weighted by molar-refractivity contribution is 6.06. The number of fused-ring (bicyclic) bond motifs is 1. The molecule has 116 valence electrons. The van der Waals surface area contributed by atoms with E-state index in [9.17, 15) is 4.79 Å². The summed E-state index contributed by atoms with van der Waals surface area (Å²) >= 11 is 0. The van der Waals surface area contributed by atoms with Crippen molar-refractivity contribution in [1.82, 2.24) is 4.98 Å². The first-order chi connectivity index (χ1) is 11.2. The summed E-state index contributed by atoms with van der Waals surface area (Å²) in [5, 5.41) is 4.24. The molecule has 0 atom stereocenters. The molecule has 1 N–H and O–H groups in total. The maximum absolute atomic E-state index is 12.3. The highest BCUT2D eigenvalue weighted by Crippen LogP contribution is 2.30. The third-order valence-electron chi connectivity index (χ3n) is 3.64. The van der Waals surface area contributed by atoms with Gasteiger partial charge in [-0.25, -0.2) is 4.79 Å². The van der Waals surface area contributed by atoms with Crippen LogP contribution in [-0.2, 0) is 4.74 Å². The van der Waals surface area contributed by atoms with Crippen LogP contribution in [0.2, 0.25) is 0 Å². The van der Waals surface area contributed by atoms with Crippen molar-refractivity contribution in [2.45, 2.75) is 13.8 Å². The van der Waals surface area contributed by atoms with Crippen LogP contribution in [0.5, 0.6) is 0 Å². The highest BCUT2D eigenvalue weighted by Gasteiger charge is 2.17. The van der Waals surface area contributed by atoms with E-state index in [2.05, 4.69) is 10.3 Å². The number of hydrogen-bond donors (Lipinski definition) is 1. The normalized spacial score (nSPS) is 10.5. The molecular formula is C19H18N2O2. The Morgan fingerprint density at radius 1 is 1.13 bits per heavy atom. The fraction of sp³-hybridized carbons (Fsp3) is 0.158. The number of para-hydroxylation sites is 2. The molecule has 0 aliphatic carbocycles. The van der Waals surface area contributed by atoms with Crippen molar-refractivity contribution in [3.05, 3.63) is 65.9 Å². The lowest BCUT2D eigenvalue weighted by Gasteiger charge is -2.15. The predicted octanol–water partition coefficient (Wildman–Crippen LogP) is 4.46. The first kappa shape index (κ1) is 15.0. The second-order valence-electron chi connectivity index (χ2n) is 5.23. The number of rotatable bonds is 4. The number of nitrogens with one attached hydrogen (secondary N) is 1. The molecule has 1 heterocycles. The van der Waals surface area contributed by atoms with E-state index in [-0.39, 0.29) is 5.97 Å². The third kappa shape index (κ3) is 3.01. The number of carbonyl (C=O) groups is 1. The van der Waals surface area contributed by atoms with Gasteiger partial charge in [0.15, 0.2) is 0 Å². The monoisotopic (exact) mass is 306 g/mol. The summed E-state index contributed by atoms with van der Waals surface area (Å²) in [6, 6.07) is 15.7. The molecule has 0 saturated carbocycles. The van der Waals surface area contributed by atoms with E-state index in [1.165, 1.54) is 0 Å². The molecule has 0 fully saturated rings. The maximum atomic E-state index is 12.3. The quantitative estimate of drug-likeness (QED) is 0.723. The molecule has 0 aliphatic rings. The molecule has 4 heteroatoms. The number of nitrogens with zero attached hydrogens (tertiary/aromatic N) is 1. The minimum atomic E-state index is -0.373. The second-order valence-corrected chi connectivity index (χ2v) is 5.23. The van der Waals surface area contributed by atoms with E-state index in [1.54, 1.807) is 13.1 Å². The van der Waals surface area contributed by atoms with E-state index >= 15 is 0 Å². The van der Waals surface area contributed by atoms with Crippen molar-refractivity contribution in [3.8, 4) is 0 Å². The van der Waals surface area contributed by atoms with E-state index in [0.29, 0.717) is 12.2 Å². The van der Waals surface area contributed by atoms with Gasteiger partial charge in [-0.1, -0.05) is 36.4 Å². The molecule has 23 heavy (non-hydrogen) atoms. The van der Waals surface area contributed by atoms with Gasteiger partial charge in [0, 0.05) is 17.3 Å². The first-order valence-electron chi connectivity index (χ1n) is 7.58. The fourth-order valence-electron chi connectivity index (χ4n) is 2.53. The minimum absolute atomic E-state index is 0.329. The van der Waals surface area contributed by atoms with Gasteiger partial charge in [0.05, 0.1) is 17.8 Å². The van der Waals surface area contributed by atoms with Crippen LogP contribution in [0.25, 0.3) is 10.9 Å². The Morgan fingerprint density at radius 3 is 2.65 bits per heavy atom. The molecule has 0 radical (unpaired) electrons. The molecule has 0 amide bonds. The van der Waals surface area contributed by atoms with Crippen molar-refractivity contribution in [3.63, 3.8) is 0 Å². The number of esters is 1. The molecular weight excluding hydrogens is 288 g/mol. The zero-order valence-corrected chi connectivity index (χ0v) is 13.2. The standard InChI is InChI=1S/C19H18N2O2/c1-3-23-19(22)16-12-20-17-13(2)8-7-11-15(17)18(16)21-14-9-5-4-6-10-14/h4-12H,3H2,1-2H3,(H,20,21). The summed E-state index contributed by atoms with van der Waals surface area (Å²) in [5.74, 6) is -0.373. The van der Waals surface area contributed by atoms with Gasteiger partial charge in [-0.15, -0.1) is 0 Å². The Bertz CT molecular complexity index is 845. The molecule has 0 unspecified atom stereocenters. The van der Waals surface area contributed by atoms with Gasteiger partial charge in [0.1, 0.15) is 5.56 Å². The van der Waals surface area contributed by atoms with Crippen LogP contribution >= 0.6 is 0 Å². The average molecular weight is 306 g/mol. The molecule has 2 aromatic carbocycles. The Balaban J connectivity index is 2.19. The average Bonchev–Trinajstić information content (AvgIpc) is 2.57. The smallest absolute Gasteiger partial charge is 0.341 e. The Morgan fingerprint density at radius 2 is 1.91 bits per heavy atom. The summed E-state index contributed by atoms with van der Waals surface area (Å²) in [5.41, 5.74) is 4.01. The van der Waals surface area contributed by atoms with Crippen LogP contribution in [-0.4, -0.2) is 17.6 Å². The molecule has 0 aliphatic heterocycles. The topological polar surface area (TPSA) is 51.2 Å². The SMILES string of the molecule is CCOC(=O)c1cnc2c(C)cccc2c1Nc1ccccc1. The summed E-state index contributed by atoms with van der Waals surface area (Å²) in [7, 11) is 0. The Kier molecular flexibility index (Phi) is 4.24. The summed E-state index contributed by atoms with van der Waals surface area (Å²) in [6.45, 7) is 4.13. The summed E-state index contributed by atoms with van der Waals surface area (Å²) in [6.07, 6.45) is 1.58. The van der Waals surface area contributed by atoms with E-state index in [4.69, 9.17) is 4.74 Å². The van der Waals surface area contributed by atoms with Crippen molar-refractivity contribution in [2.24, 2.45) is 0 Å². The van der Waals surface area contributed by atoms with Crippen molar-refractivity contribution in [2.75, 3.05) is 11.9 Å². The summed E-state index contributed by atoms with van der Waals surface area (Å²) < 4.78 is 5.17. The minimum Gasteiger partial charge on any atom is -0.462 e. The van der Waals surface area contributed by atoms with Gasteiger partial charge in [0.2, 0.25) is 0 Å². The van der Waals surface area contributed by atoms with Crippen LogP contribution in [0.1, 0.15) is 22.8 Å². The number of aryl methyl sites for hydroxylation is 1. The van der Waals surface area contributed by atoms with Gasteiger partial charge in [-0.2, -0.15) is 0 Å². The van der Waals surface area contributed by atoms with Crippen molar-refractivity contribution in [1.29, 1.82) is 0 Å². The fourth-order valence-corrected chi connectivity index (χ4v) is 2.53. The predicted molar refractivity (Wildman–Crippen MR) is 92.2 cm³/mol. The molecule has 4 nitrogen and oxygen atoms in total. The number of ether oxygens (including phenoxy) is 1. The van der Waals surface area contributed by atoms with Crippen molar-refractivity contribution < 1.29 is 9.53 Å². The number of anilines is 2. The number of benzene rings is 2. The van der Waals surface area contributed by atoms with Gasteiger partial charge in [-0.05, 0) is 31.5 Å². The molecule has 3 rings (SSSR count). The highest BCUT2D eigenvalue weighted by atomic mass is 16.5. The summed E-state index contributed by atoms with van der Waals surface area (Å²) in [4.78, 5) is 16.7. The van der Waals surface area contributed by atoms with Crippen LogP contribution in [0.4, 0.5) is 11.4 Å². The number of hydrogen-bond acceptors (Lipinski definition) is 4. The van der Waals surface area contributed by atoms with Crippen LogP contribution in [0.3, 0.4) is 0 Å². The zero-order chi connectivity index (χ0) is 16.2. The number of pyridine rings is 1. The van der Waals surface area contributed by atoms with Crippen LogP contribution in [0.15, 0.2) is 54.7 Å². The lowest BCUT2D eigenvalue weighted by Crippen LogP contribution is -2.09. The number of aromatic nitrogens is 1. The first-order valence-corrected chi connectivity index (χ1v) is 7.58. The van der Waals surface area contributed by atoms with Crippen molar-refractivity contribution >= 4 is 28.2 Å². The molecule has 3 aromatic rings. The molecule has 0 bridgehead atoms. The van der Waals surface area contributed by atoms with Crippen LogP contribution < -0.4 is 5.32 Å². The van der Waals surface area contributed by atoms with Crippen LogP contribution in [0, 0.1) is 6.92 Å².